The van der Waals surface area contributed by atoms with E-state index in [-0.39, 0.29) is 42.0 Å². The molecular formula is C36H35F5N4O4. The van der Waals surface area contributed by atoms with E-state index in [0.29, 0.717) is 28.3 Å². The van der Waals surface area contributed by atoms with E-state index >= 15 is 4.39 Å². The Morgan fingerprint density at radius 3 is 2.31 bits per heavy atom. The second-order valence-corrected chi connectivity index (χ2v) is 12.3. The molecule has 258 valence electrons. The molecule has 4 rings (SSSR count). The van der Waals surface area contributed by atoms with Crippen LogP contribution in [0.3, 0.4) is 0 Å². The van der Waals surface area contributed by atoms with E-state index in [9.17, 15) is 37.1 Å². The molecule has 2 heterocycles. The Labute approximate surface area is 279 Å². The average Bonchev–Trinajstić information content (AvgIpc) is 3.52. The van der Waals surface area contributed by atoms with E-state index in [0.717, 1.165) is 10.8 Å². The maximum Gasteiger partial charge on any atom is 0.416 e. The zero-order chi connectivity index (χ0) is 36.2. The summed E-state index contributed by atoms with van der Waals surface area (Å²) in [5, 5.41) is 12.3. The topological polar surface area (TPSA) is 106 Å². The lowest BCUT2D eigenvalue weighted by molar-refractivity contribution is -0.139. The first kappa shape index (κ1) is 36.6. The summed E-state index contributed by atoms with van der Waals surface area (Å²) in [4.78, 5) is 43.1. The number of rotatable bonds is 12. The lowest BCUT2D eigenvalue weighted by Gasteiger charge is -2.27. The number of amides is 1. The van der Waals surface area contributed by atoms with Gasteiger partial charge in [0, 0.05) is 36.8 Å². The number of carboxylic acid groups (broad SMARTS) is 1. The first-order valence-corrected chi connectivity index (χ1v) is 15.4. The number of terminal acetylenes is 1. The van der Waals surface area contributed by atoms with Gasteiger partial charge in [-0.1, -0.05) is 19.8 Å². The largest absolute Gasteiger partial charge is 0.481 e. The van der Waals surface area contributed by atoms with Crippen LogP contribution in [0.4, 0.5) is 22.0 Å². The fourth-order valence-corrected chi connectivity index (χ4v) is 5.96. The summed E-state index contributed by atoms with van der Waals surface area (Å²) in [5.74, 6) is -1.80. The summed E-state index contributed by atoms with van der Waals surface area (Å²) in [7, 11) is 0. The van der Waals surface area contributed by atoms with Crippen LogP contribution in [0.1, 0.15) is 72.2 Å². The van der Waals surface area contributed by atoms with Crippen molar-refractivity contribution in [3.05, 3.63) is 111 Å². The van der Waals surface area contributed by atoms with Gasteiger partial charge in [-0.25, -0.2) is 13.8 Å². The molecule has 4 aromatic rings. The second kappa shape index (κ2) is 14.9. The second-order valence-electron chi connectivity index (χ2n) is 12.3. The van der Waals surface area contributed by atoms with Crippen molar-refractivity contribution >= 4 is 11.9 Å². The molecule has 0 saturated carbocycles. The number of imidazole rings is 1. The molecule has 0 fully saturated rings. The molecule has 0 spiro atoms. The highest BCUT2D eigenvalue weighted by Crippen LogP contribution is 2.35. The number of carboxylic acids is 1. The third-order valence-corrected chi connectivity index (χ3v) is 8.11. The van der Waals surface area contributed by atoms with Crippen molar-refractivity contribution in [1.82, 2.24) is 19.4 Å². The molecule has 2 aromatic carbocycles. The average molecular weight is 683 g/mol. The van der Waals surface area contributed by atoms with Gasteiger partial charge in [-0.15, -0.1) is 6.42 Å². The molecule has 0 aliphatic heterocycles. The van der Waals surface area contributed by atoms with Gasteiger partial charge < -0.3 is 19.6 Å². The molecule has 1 amide bonds. The zero-order valence-corrected chi connectivity index (χ0v) is 27.2. The first-order chi connectivity index (χ1) is 23.0. The van der Waals surface area contributed by atoms with Crippen molar-refractivity contribution in [3.63, 3.8) is 0 Å². The molecule has 2 atom stereocenters. The van der Waals surface area contributed by atoms with Crippen molar-refractivity contribution in [2.45, 2.75) is 71.8 Å². The highest BCUT2D eigenvalue weighted by atomic mass is 19.4. The number of aliphatic carboxylic acids is 1. The van der Waals surface area contributed by atoms with Crippen LogP contribution in [0, 0.1) is 43.7 Å². The summed E-state index contributed by atoms with van der Waals surface area (Å²) in [6.07, 6.45) is 5.23. The molecule has 8 nitrogen and oxygen atoms in total. The summed E-state index contributed by atoms with van der Waals surface area (Å²) < 4.78 is 74.5. The van der Waals surface area contributed by atoms with Crippen molar-refractivity contribution in [2.24, 2.45) is 5.92 Å². The molecular weight excluding hydrogens is 647 g/mol. The lowest BCUT2D eigenvalue weighted by atomic mass is 9.90. The molecule has 2 aromatic heterocycles. The molecule has 0 unspecified atom stereocenters. The van der Waals surface area contributed by atoms with Crippen LogP contribution in [0.2, 0.25) is 0 Å². The minimum absolute atomic E-state index is 0.0239. The monoisotopic (exact) mass is 682 g/mol. The Morgan fingerprint density at radius 1 is 1.08 bits per heavy atom. The molecule has 0 saturated heterocycles. The molecule has 0 aliphatic rings. The van der Waals surface area contributed by atoms with Crippen molar-refractivity contribution in [3.8, 4) is 23.5 Å². The van der Waals surface area contributed by atoms with Crippen LogP contribution >= 0.6 is 0 Å². The Morgan fingerprint density at radius 2 is 1.76 bits per heavy atom. The highest BCUT2D eigenvalue weighted by molar-refractivity contribution is 5.82. The molecule has 0 aliphatic carbocycles. The number of carbonyl (C=O) groups excluding carboxylic acids is 1. The number of nitrogens with one attached hydrogen (secondary N) is 1. The van der Waals surface area contributed by atoms with Crippen LogP contribution in [0.5, 0.6) is 0 Å². The minimum atomic E-state index is -4.86. The van der Waals surface area contributed by atoms with Crippen molar-refractivity contribution < 1.29 is 36.6 Å². The third kappa shape index (κ3) is 8.62. The third-order valence-electron chi connectivity index (χ3n) is 8.11. The van der Waals surface area contributed by atoms with Gasteiger partial charge in [0.05, 0.1) is 29.9 Å². The standard InChI is InChI=1S/C36H35F5N4O4/c1-6-23-14-25(33-21(4)12-26(37)13-22(33)5)15-27(34(23)38)29(17-32(47)48)43-35(49)30(11-20(2)3)45-18-24(7-9-44-10-8-42-19-44)28(16-31(45)46)36(39,40)41/h1,8,10,12-16,18-20,29-30H,7,9,11,17H2,2-5H3,(H,43,49)(H,47,48)/t29-,30+/m1/s1. The van der Waals surface area contributed by atoms with E-state index in [2.05, 4.69) is 16.2 Å². The number of hydrogen-bond acceptors (Lipinski definition) is 4. The number of carbonyl (C=O) groups is 2. The Balaban J connectivity index is 1.82. The number of aryl methyl sites for hydroxylation is 4. The normalized spacial score (nSPS) is 12.8. The van der Waals surface area contributed by atoms with Gasteiger partial charge in [-0.3, -0.25) is 14.4 Å². The van der Waals surface area contributed by atoms with E-state index in [1.165, 1.54) is 36.8 Å². The van der Waals surface area contributed by atoms with Crippen LogP contribution in [0.15, 0.2) is 60.0 Å². The summed E-state index contributed by atoms with van der Waals surface area (Å²) in [5.41, 5.74) is -1.12. The van der Waals surface area contributed by atoms with Gasteiger partial charge >= 0.3 is 12.1 Å². The molecule has 2 N–H and O–H groups in total. The fourth-order valence-electron chi connectivity index (χ4n) is 5.96. The van der Waals surface area contributed by atoms with Gasteiger partial charge in [0.1, 0.15) is 17.7 Å². The van der Waals surface area contributed by atoms with E-state index < -0.39 is 59.3 Å². The highest BCUT2D eigenvalue weighted by Gasteiger charge is 2.36. The van der Waals surface area contributed by atoms with Gasteiger partial charge in [-0.2, -0.15) is 13.2 Å². The Kier molecular flexibility index (Phi) is 11.1. The Bertz CT molecular complexity index is 1940. The van der Waals surface area contributed by atoms with Crippen LogP contribution in [-0.2, 0) is 28.7 Å². The maximum atomic E-state index is 15.9. The van der Waals surface area contributed by atoms with Crippen LogP contribution < -0.4 is 10.9 Å². The first-order valence-electron chi connectivity index (χ1n) is 15.4. The van der Waals surface area contributed by atoms with Gasteiger partial charge in [0.25, 0.3) is 5.56 Å². The summed E-state index contributed by atoms with van der Waals surface area (Å²) >= 11 is 0. The van der Waals surface area contributed by atoms with Gasteiger partial charge in [-0.05, 0) is 84.7 Å². The lowest BCUT2D eigenvalue weighted by Crippen LogP contribution is -2.41. The summed E-state index contributed by atoms with van der Waals surface area (Å²) in [6, 6.07) is 2.78. The predicted octanol–water partition coefficient (Wildman–Crippen LogP) is 6.77. The smallest absolute Gasteiger partial charge is 0.416 e. The van der Waals surface area contributed by atoms with E-state index in [1.807, 2.05) is 0 Å². The zero-order valence-electron chi connectivity index (χ0n) is 27.2. The van der Waals surface area contributed by atoms with E-state index in [4.69, 9.17) is 6.42 Å². The molecule has 0 radical (unpaired) electrons. The quantitative estimate of drug-likeness (QED) is 0.127. The van der Waals surface area contributed by atoms with Crippen molar-refractivity contribution in [2.75, 3.05) is 0 Å². The SMILES string of the molecule is C#Cc1cc(-c2c(C)cc(F)cc2C)cc([C@@H](CC(=O)O)NC(=O)[C@H](CC(C)C)n2cc(CCn3ccnc3)c(C(F)(F)F)cc2=O)c1F. The predicted molar refractivity (Wildman–Crippen MR) is 172 cm³/mol. The Hall–Kier alpha value is -5.25. The molecule has 0 bridgehead atoms. The number of aromatic nitrogens is 3. The molecule has 13 heteroatoms. The number of halogens is 5. The van der Waals surface area contributed by atoms with Gasteiger partial charge in [0.15, 0.2) is 0 Å². The van der Waals surface area contributed by atoms with Gasteiger partial charge in [0.2, 0.25) is 5.91 Å². The maximum absolute atomic E-state index is 15.9. The number of pyridine rings is 1. The minimum Gasteiger partial charge on any atom is -0.481 e. The fraction of sp³-hybridized carbons (Fsp3) is 0.333. The van der Waals surface area contributed by atoms with E-state index in [1.54, 1.807) is 38.5 Å². The number of alkyl halides is 3. The number of benzene rings is 2. The number of hydrogen-bond donors (Lipinski definition) is 2. The van der Waals surface area contributed by atoms with Crippen molar-refractivity contribution in [1.29, 1.82) is 0 Å². The van der Waals surface area contributed by atoms with Crippen LogP contribution in [0.25, 0.3) is 11.1 Å². The number of nitrogens with zero attached hydrogens (tertiary/aromatic N) is 3. The molecule has 49 heavy (non-hydrogen) atoms. The van der Waals surface area contributed by atoms with Crippen LogP contribution in [-0.4, -0.2) is 31.1 Å². The summed E-state index contributed by atoms with van der Waals surface area (Å²) in [6.45, 7) is 6.85.